The van der Waals surface area contributed by atoms with E-state index in [1.165, 1.54) is 11.0 Å². The zero-order chi connectivity index (χ0) is 14.3. The minimum absolute atomic E-state index is 0.0679. The van der Waals surface area contributed by atoms with Crippen LogP contribution in [0.1, 0.15) is 12.5 Å². The Labute approximate surface area is 120 Å². The maximum absolute atomic E-state index is 13.5. The highest BCUT2D eigenvalue weighted by Crippen LogP contribution is 2.15. The number of hydrogen-bond donors (Lipinski definition) is 2. The smallest absolute Gasteiger partial charge is 0.317 e. The third-order valence-corrected chi connectivity index (χ3v) is 3.21. The SMILES string of the molecule is CCN(CCO)C(=O)NCCc1cc(Br)ccc1F. The highest BCUT2D eigenvalue weighted by Gasteiger charge is 2.10. The van der Waals surface area contributed by atoms with Gasteiger partial charge in [0.2, 0.25) is 0 Å². The van der Waals surface area contributed by atoms with Crippen LogP contribution in [-0.2, 0) is 6.42 Å². The summed E-state index contributed by atoms with van der Waals surface area (Å²) in [6.07, 6.45) is 0.424. The molecule has 0 bridgehead atoms. The molecule has 0 heterocycles. The van der Waals surface area contributed by atoms with E-state index in [-0.39, 0.29) is 18.5 Å². The molecule has 0 saturated heterocycles. The van der Waals surface area contributed by atoms with E-state index < -0.39 is 0 Å². The van der Waals surface area contributed by atoms with Gasteiger partial charge in [0.1, 0.15) is 5.82 Å². The van der Waals surface area contributed by atoms with Crippen molar-refractivity contribution in [2.45, 2.75) is 13.3 Å². The van der Waals surface area contributed by atoms with Gasteiger partial charge in [-0.2, -0.15) is 0 Å². The standard InChI is InChI=1S/C13H18BrFN2O2/c1-2-17(7-8-18)13(19)16-6-5-10-9-11(14)3-4-12(10)15/h3-4,9,18H,2,5-8H2,1H3,(H,16,19). The number of amides is 2. The number of hydrogen-bond acceptors (Lipinski definition) is 2. The second kappa shape index (κ2) is 8.12. The van der Waals surface area contributed by atoms with E-state index in [1.54, 1.807) is 12.1 Å². The van der Waals surface area contributed by atoms with Crippen molar-refractivity contribution in [3.8, 4) is 0 Å². The molecule has 0 unspecified atom stereocenters. The Bertz CT molecular complexity index is 429. The summed E-state index contributed by atoms with van der Waals surface area (Å²) in [6.45, 7) is 2.95. The molecule has 1 aromatic carbocycles. The summed E-state index contributed by atoms with van der Waals surface area (Å²) < 4.78 is 14.3. The van der Waals surface area contributed by atoms with Crippen molar-refractivity contribution in [2.75, 3.05) is 26.2 Å². The van der Waals surface area contributed by atoms with Crippen LogP contribution in [0.15, 0.2) is 22.7 Å². The molecule has 0 saturated carbocycles. The van der Waals surface area contributed by atoms with E-state index in [4.69, 9.17) is 5.11 Å². The monoisotopic (exact) mass is 332 g/mol. The number of aliphatic hydroxyl groups excluding tert-OH is 1. The number of carbonyl (C=O) groups is 1. The third-order valence-electron chi connectivity index (χ3n) is 2.72. The van der Waals surface area contributed by atoms with Crippen molar-refractivity contribution in [3.05, 3.63) is 34.1 Å². The third kappa shape index (κ3) is 5.16. The number of carbonyl (C=O) groups excluding carboxylic acids is 1. The van der Waals surface area contributed by atoms with E-state index >= 15 is 0 Å². The van der Waals surface area contributed by atoms with E-state index in [9.17, 15) is 9.18 Å². The molecular formula is C13H18BrFN2O2. The zero-order valence-electron chi connectivity index (χ0n) is 10.8. The summed E-state index contributed by atoms with van der Waals surface area (Å²) in [5.74, 6) is -0.278. The van der Waals surface area contributed by atoms with Gasteiger partial charge in [0, 0.05) is 24.1 Å². The first-order chi connectivity index (χ1) is 9.08. The van der Waals surface area contributed by atoms with Crippen LogP contribution in [0.5, 0.6) is 0 Å². The minimum Gasteiger partial charge on any atom is -0.395 e. The first-order valence-electron chi connectivity index (χ1n) is 6.16. The molecule has 4 nitrogen and oxygen atoms in total. The maximum Gasteiger partial charge on any atom is 0.317 e. The highest BCUT2D eigenvalue weighted by atomic mass is 79.9. The van der Waals surface area contributed by atoms with Crippen molar-refractivity contribution in [1.82, 2.24) is 10.2 Å². The Balaban J connectivity index is 2.45. The average Bonchev–Trinajstić information content (AvgIpc) is 2.39. The molecule has 19 heavy (non-hydrogen) atoms. The van der Waals surface area contributed by atoms with Gasteiger partial charge in [-0.3, -0.25) is 0 Å². The van der Waals surface area contributed by atoms with Gasteiger partial charge < -0.3 is 15.3 Å². The molecule has 0 aliphatic rings. The van der Waals surface area contributed by atoms with Gasteiger partial charge in [0.25, 0.3) is 0 Å². The maximum atomic E-state index is 13.5. The number of likely N-dealkylation sites (N-methyl/N-ethyl adjacent to an activating group) is 1. The number of halogens is 2. The van der Waals surface area contributed by atoms with Crippen LogP contribution in [0, 0.1) is 5.82 Å². The summed E-state index contributed by atoms with van der Waals surface area (Å²) in [7, 11) is 0. The zero-order valence-corrected chi connectivity index (χ0v) is 12.4. The van der Waals surface area contributed by atoms with Crippen LogP contribution in [0.25, 0.3) is 0 Å². The second-order valence-corrected chi connectivity index (χ2v) is 4.94. The predicted octanol–water partition coefficient (Wildman–Crippen LogP) is 2.15. The number of aliphatic hydroxyl groups is 1. The van der Waals surface area contributed by atoms with Gasteiger partial charge in [0.05, 0.1) is 6.61 Å². The quantitative estimate of drug-likeness (QED) is 0.838. The van der Waals surface area contributed by atoms with Gasteiger partial charge in [0.15, 0.2) is 0 Å². The largest absolute Gasteiger partial charge is 0.395 e. The lowest BCUT2D eigenvalue weighted by molar-refractivity contribution is 0.180. The Hall–Kier alpha value is -1.14. The van der Waals surface area contributed by atoms with Crippen molar-refractivity contribution < 1.29 is 14.3 Å². The normalized spacial score (nSPS) is 10.3. The van der Waals surface area contributed by atoms with Crippen LogP contribution in [0.2, 0.25) is 0 Å². The Morgan fingerprint density at radius 3 is 2.89 bits per heavy atom. The van der Waals surface area contributed by atoms with Crippen LogP contribution >= 0.6 is 15.9 Å². The van der Waals surface area contributed by atoms with Gasteiger partial charge in [-0.25, -0.2) is 9.18 Å². The Morgan fingerprint density at radius 1 is 1.53 bits per heavy atom. The molecule has 0 aliphatic carbocycles. The minimum atomic E-state index is -0.278. The first-order valence-corrected chi connectivity index (χ1v) is 6.95. The van der Waals surface area contributed by atoms with Crippen molar-refractivity contribution in [2.24, 2.45) is 0 Å². The van der Waals surface area contributed by atoms with Crippen LogP contribution in [0.3, 0.4) is 0 Å². The summed E-state index contributed by atoms with van der Waals surface area (Å²) in [5.41, 5.74) is 0.555. The molecule has 0 aliphatic heterocycles. The molecule has 0 radical (unpaired) electrons. The molecule has 106 valence electrons. The van der Waals surface area contributed by atoms with Crippen molar-refractivity contribution >= 4 is 22.0 Å². The molecule has 0 fully saturated rings. The summed E-state index contributed by atoms with van der Waals surface area (Å²) in [6, 6.07) is 4.49. The predicted molar refractivity (Wildman–Crippen MR) is 75.5 cm³/mol. The lowest BCUT2D eigenvalue weighted by Crippen LogP contribution is -2.42. The van der Waals surface area contributed by atoms with Gasteiger partial charge in [-0.1, -0.05) is 15.9 Å². The summed E-state index contributed by atoms with van der Waals surface area (Å²) >= 11 is 3.28. The fourth-order valence-corrected chi connectivity index (χ4v) is 2.08. The molecular weight excluding hydrogens is 315 g/mol. The van der Waals surface area contributed by atoms with Crippen LogP contribution in [0.4, 0.5) is 9.18 Å². The van der Waals surface area contributed by atoms with Gasteiger partial charge in [-0.05, 0) is 37.1 Å². The molecule has 0 aromatic heterocycles. The van der Waals surface area contributed by atoms with E-state index in [2.05, 4.69) is 21.2 Å². The Morgan fingerprint density at radius 2 is 2.26 bits per heavy atom. The summed E-state index contributed by atoms with van der Waals surface area (Å²) in [4.78, 5) is 13.2. The lowest BCUT2D eigenvalue weighted by atomic mass is 10.1. The molecule has 0 spiro atoms. The second-order valence-electron chi connectivity index (χ2n) is 4.02. The molecule has 2 amide bonds. The highest BCUT2D eigenvalue weighted by molar-refractivity contribution is 9.10. The molecule has 1 aromatic rings. The molecule has 1 rings (SSSR count). The average molecular weight is 333 g/mol. The number of nitrogens with zero attached hydrogens (tertiary/aromatic N) is 1. The first kappa shape index (κ1) is 15.9. The van der Waals surface area contributed by atoms with Gasteiger partial charge in [-0.15, -0.1) is 0 Å². The number of rotatable bonds is 6. The fraction of sp³-hybridized carbons (Fsp3) is 0.462. The number of benzene rings is 1. The topological polar surface area (TPSA) is 52.6 Å². The molecule has 2 N–H and O–H groups in total. The number of urea groups is 1. The van der Waals surface area contributed by atoms with Crippen LogP contribution < -0.4 is 5.32 Å². The van der Waals surface area contributed by atoms with Crippen LogP contribution in [-0.4, -0.2) is 42.3 Å². The van der Waals surface area contributed by atoms with Crippen molar-refractivity contribution in [3.63, 3.8) is 0 Å². The van der Waals surface area contributed by atoms with E-state index in [1.807, 2.05) is 6.92 Å². The van der Waals surface area contributed by atoms with E-state index in [0.717, 1.165) is 4.47 Å². The molecule has 0 atom stereocenters. The van der Waals surface area contributed by atoms with Crippen molar-refractivity contribution in [1.29, 1.82) is 0 Å². The fourth-order valence-electron chi connectivity index (χ4n) is 1.67. The number of nitrogens with one attached hydrogen (secondary N) is 1. The summed E-state index contributed by atoms with van der Waals surface area (Å²) in [5, 5.41) is 11.5. The molecule has 6 heteroatoms. The Kier molecular flexibility index (Phi) is 6.80. The lowest BCUT2D eigenvalue weighted by Gasteiger charge is -2.20. The van der Waals surface area contributed by atoms with E-state index in [0.29, 0.717) is 31.6 Å². The van der Waals surface area contributed by atoms with Gasteiger partial charge >= 0.3 is 6.03 Å².